The van der Waals surface area contributed by atoms with Crippen molar-refractivity contribution in [3.8, 4) is 0 Å². The van der Waals surface area contributed by atoms with Crippen LogP contribution in [0.15, 0.2) is 36.5 Å². The molecular weight excluding hydrogens is 681 g/mol. The smallest absolute Gasteiger partial charge is 0.305 e. The van der Waals surface area contributed by atoms with Crippen LogP contribution in [0.2, 0.25) is 0 Å². The van der Waals surface area contributed by atoms with Crippen molar-refractivity contribution in [1.82, 2.24) is 0 Å². The van der Waals surface area contributed by atoms with Gasteiger partial charge in [0.05, 0.1) is 6.61 Å². The summed E-state index contributed by atoms with van der Waals surface area (Å²) in [5.41, 5.74) is 0. The molecule has 330 valence electrons. The van der Waals surface area contributed by atoms with Crippen molar-refractivity contribution in [2.24, 2.45) is 0 Å². The Kier molecular flexibility index (Phi) is 50.5. The molecular formula is C54H102O2. The van der Waals surface area contributed by atoms with Gasteiger partial charge in [-0.3, -0.25) is 4.79 Å². The van der Waals surface area contributed by atoms with Crippen molar-refractivity contribution < 1.29 is 9.53 Å². The Labute approximate surface area is 353 Å². The number of rotatable bonds is 48. The summed E-state index contributed by atoms with van der Waals surface area (Å²) >= 11 is 0. The quantitative estimate of drug-likeness (QED) is 0.0349. The summed E-state index contributed by atoms with van der Waals surface area (Å²) in [6.45, 7) is 5.10. The number of carbonyl (C=O) groups is 1. The van der Waals surface area contributed by atoms with Gasteiger partial charge in [0.25, 0.3) is 0 Å². The average molecular weight is 783 g/mol. The topological polar surface area (TPSA) is 26.3 Å². The van der Waals surface area contributed by atoms with Gasteiger partial charge in [0.15, 0.2) is 0 Å². The van der Waals surface area contributed by atoms with Crippen LogP contribution < -0.4 is 0 Å². The Morgan fingerprint density at radius 1 is 0.321 bits per heavy atom. The van der Waals surface area contributed by atoms with Crippen LogP contribution in [0.25, 0.3) is 0 Å². The summed E-state index contributed by atoms with van der Waals surface area (Å²) in [7, 11) is 0. The summed E-state index contributed by atoms with van der Waals surface area (Å²) in [6, 6.07) is 0. The van der Waals surface area contributed by atoms with Crippen molar-refractivity contribution in [3.63, 3.8) is 0 Å². The van der Waals surface area contributed by atoms with Crippen LogP contribution in [0.1, 0.15) is 296 Å². The molecule has 0 aromatic rings. The highest BCUT2D eigenvalue weighted by atomic mass is 16.5. The van der Waals surface area contributed by atoms with Gasteiger partial charge in [-0.1, -0.05) is 281 Å². The Morgan fingerprint density at radius 2 is 0.607 bits per heavy atom. The second kappa shape index (κ2) is 51.7. The molecule has 0 aromatic carbocycles. The van der Waals surface area contributed by atoms with Gasteiger partial charge >= 0.3 is 5.97 Å². The maximum absolute atomic E-state index is 12.0. The van der Waals surface area contributed by atoms with Gasteiger partial charge in [-0.05, 0) is 44.9 Å². The van der Waals surface area contributed by atoms with Gasteiger partial charge in [-0.25, -0.2) is 0 Å². The molecule has 0 aliphatic carbocycles. The van der Waals surface area contributed by atoms with Crippen LogP contribution in [-0.4, -0.2) is 12.6 Å². The third kappa shape index (κ3) is 50.7. The third-order valence-corrected chi connectivity index (χ3v) is 11.8. The zero-order valence-corrected chi connectivity index (χ0v) is 38.6. The van der Waals surface area contributed by atoms with Crippen molar-refractivity contribution >= 4 is 5.97 Å². The van der Waals surface area contributed by atoms with Gasteiger partial charge in [-0.2, -0.15) is 0 Å². The van der Waals surface area contributed by atoms with Crippen molar-refractivity contribution in [1.29, 1.82) is 0 Å². The summed E-state index contributed by atoms with van der Waals surface area (Å²) in [4.78, 5) is 12.0. The normalized spacial score (nSPS) is 12.0. The van der Waals surface area contributed by atoms with E-state index >= 15 is 0 Å². The van der Waals surface area contributed by atoms with Gasteiger partial charge in [0.2, 0.25) is 0 Å². The highest BCUT2D eigenvalue weighted by molar-refractivity contribution is 5.69. The van der Waals surface area contributed by atoms with E-state index in [9.17, 15) is 4.79 Å². The summed E-state index contributed by atoms with van der Waals surface area (Å²) < 4.78 is 5.47. The number of allylic oxidation sites excluding steroid dienone is 6. The van der Waals surface area contributed by atoms with Crippen molar-refractivity contribution in [2.45, 2.75) is 296 Å². The van der Waals surface area contributed by atoms with Gasteiger partial charge in [0, 0.05) is 6.42 Å². The van der Waals surface area contributed by atoms with Gasteiger partial charge in [-0.15, -0.1) is 0 Å². The molecule has 0 spiro atoms. The van der Waals surface area contributed by atoms with E-state index in [1.165, 1.54) is 238 Å². The van der Waals surface area contributed by atoms with E-state index in [-0.39, 0.29) is 5.97 Å². The molecule has 2 heteroatoms. The maximum atomic E-state index is 12.0. The second-order valence-electron chi connectivity index (χ2n) is 17.5. The van der Waals surface area contributed by atoms with E-state index in [1.54, 1.807) is 0 Å². The number of hydrogen-bond acceptors (Lipinski definition) is 2. The first-order valence-corrected chi connectivity index (χ1v) is 25.9. The van der Waals surface area contributed by atoms with Crippen LogP contribution >= 0.6 is 0 Å². The lowest BCUT2D eigenvalue weighted by Crippen LogP contribution is -2.05. The van der Waals surface area contributed by atoms with E-state index in [2.05, 4.69) is 50.3 Å². The molecule has 0 aliphatic rings. The maximum Gasteiger partial charge on any atom is 0.305 e. The molecule has 0 rings (SSSR count). The molecule has 0 bridgehead atoms. The van der Waals surface area contributed by atoms with E-state index in [1.807, 2.05) is 0 Å². The van der Waals surface area contributed by atoms with Gasteiger partial charge < -0.3 is 4.74 Å². The fraction of sp³-hybridized carbons (Fsp3) is 0.870. The number of ether oxygens (including phenoxy) is 1. The first kappa shape index (κ1) is 54.7. The lowest BCUT2D eigenvalue weighted by Gasteiger charge is -2.06. The summed E-state index contributed by atoms with van der Waals surface area (Å²) in [6.07, 6.45) is 73.1. The minimum absolute atomic E-state index is 0.0113. The molecule has 0 fully saturated rings. The Balaban J connectivity index is 3.16. The highest BCUT2D eigenvalue weighted by Crippen LogP contribution is 2.17. The fourth-order valence-corrected chi connectivity index (χ4v) is 7.98. The molecule has 0 saturated carbocycles. The highest BCUT2D eigenvalue weighted by Gasteiger charge is 2.03. The molecule has 0 amide bonds. The third-order valence-electron chi connectivity index (χ3n) is 11.8. The molecule has 0 heterocycles. The second-order valence-corrected chi connectivity index (χ2v) is 17.5. The van der Waals surface area contributed by atoms with Crippen molar-refractivity contribution in [2.75, 3.05) is 6.61 Å². The minimum atomic E-state index is 0.0113. The minimum Gasteiger partial charge on any atom is -0.466 e. The molecule has 0 N–H and O–H groups in total. The molecule has 0 aromatic heterocycles. The van der Waals surface area contributed by atoms with Crippen LogP contribution in [0, 0.1) is 0 Å². The number of carbonyl (C=O) groups excluding carboxylic acids is 1. The van der Waals surface area contributed by atoms with E-state index < -0.39 is 0 Å². The summed E-state index contributed by atoms with van der Waals surface area (Å²) in [5.74, 6) is 0.0113. The van der Waals surface area contributed by atoms with Crippen LogP contribution in [0.3, 0.4) is 0 Å². The van der Waals surface area contributed by atoms with E-state index in [0.717, 1.165) is 38.5 Å². The predicted molar refractivity (Wildman–Crippen MR) is 253 cm³/mol. The monoisotopic (exact) mass is 783 g/mol. The number of esters is 1. The lowest BCUT2D eigenvalue weighted by molar-refractivity contribution is -0.143. The van der Waals surface area contributed by atoms with Crippen LogP contribution in [-0.2, 0) is 9.53 Å². The van der Waals surface area contributed by atoms with Crippen LogP contribution in [0.5, 0.6) is 0 Å². The Morgan fingerprint density at radius 3 is 0.964 bits per heavy atom. The SMILES string of the molecule is CC/C=C\C/C=C\C/C=C\CCCCCCCC(=O)OCCCCCCCCCCCCCCCCCCCCCCCCCCCCCCCCCCCC. The van der Waals surface area contributed by atoms with Crippen molar-refractivity contribution in [3.05, 3.63) is 36.5 Å². The molecule has 0 atom stereocenters. The molecule has 56 heavy (non-hydrogen) atoms. The van der Waals surface area contributed by atoms with E-state index in [4.69, 9.17) is 4.74 Å². The zero-order chi connectivity index (χ0) is 40.3. The molecule has 2 nitrogen and oxygen atoms in total. The summed E-state index contributed by atoms with van der Waals surface area (Å²) in [5, 5.41) is 0. The molecule has 0 radical (unpaired) electrons. The average Bonchev–Trinajstić information content (AvgIpc) is 3.20. The Bertz CT molecular complexity index is 809. The molecule has 0 unspecified atom stereocenters. The first-order valence-electron chi connectivity index (χ1n) is 25.9. The molecule has 0 aliphatic heterocycles. The Hall–Kier alpha value is -1.31. The van der Waals surface area contributed by atoms with Gasteiger partial charge in [0.1, 0.15) is 0 Å². The number of hydrogen-bond donors (Lipinski definition) is 0. The molecule has 0 saturated heterocycles. The standard InChI is InChI=1S/C54H102O2/c1-3-5-7-9-11-13-15-17-19-20-21-22-23-24-25-26-27-28-29-30-31-32-33-34-35-36-37-39-41-43-45-47-49-51-53-56-54(55)52-50-48-46-44-42-40-38-18-16-14-12-10-8-6-4-2/h6,8,12,14,18,38H,3-5,7,9-11,13,15-17,19-37,39-53H2,1-2H3/b8-6-,14-12-,38-18-. The fourth-order valence-electron chi connectivity index (χ4n) is 7.98. The zero-order valence-electron chi connectivity index (χ0n) is 38.6. The van der Waals surface area contributed by atoms with E-state index in [0.29, 0.717) is 13.0 Å². The lowest BCUT2D eigenvalue weighted by atomic mass is 10.0. The number of unbranched alkanes of at least 4 members (excludes halogenated alkanes) is 38. The first-order chi connectivity index (χ1) is 27.8. The predicted octanol–water partition coefficient (Wildman–Crippen LogP) is 19.4. The van der Waals surface area contributed by atoms with Crippen LogP contribution in [0.4, 0.5) is 0 Å². The largest absolute Gasteiger partial charge is 0.466 e.